The molecule has 0 fully saturated rings. The monoisotopic (exact) mass is 277 g/mol. The number of aromatic nitrogens is 1. The first-order valence-corrected chi connectivity index (χ1v) is 6.60. The standard InChI is InChI=1S/C13H15N3O2S/c1-8-3-4-16(12(17)5-8)7-10-6-11(13(18)15-14)19-9(10)2/h3-6H,7,14H2,1-2H3,(H,15,18). The van der Waals surface area contributed by atoms with Crippen LogP contribution < -0.4 is 16.8 Å². The highest BCUT2D eigenvalue weighted by molar-refractivity contribution is 7.14. The third-order valence-corrected chi connectivity index (χ3v) is 3.96. The van der Waals surface area contributed by atoms with Gasteiger partial charge in [-0.15, -0.1) is 11.3 Å². The van der Waals surface area contributed by atoms with Gasteiger partial charge in [0.05, 0.1) is 11.4 Å². The summed E-state index contributed by atoms with van der Waals surface area (Å²) in [4.78, 5) is 24.8. The van der Waals surface area contributed by atoms with Crippen LogP contribution in [-0.4, -0.2) is 10.5 Å². The summed E-state index contributed by atoms with van der Waals surface area (Å²) in [5, 5.41) is 0. The van der Waals surface area contributed by atoms with Crippen molar-refractivity contribution in [2.45, 2.75) is 20.4 Å². The predicted molar refractivity (Wildman–Crippen MR) is 75.3 cm³/mol. The highest BCUT2D eigenvalue weighted by atomic mass is 32.1. The highest BCUT2D eigenvalue weighted by Crippen LogP contribution is 2.22. The lowest BCUT2D eigenvalue weighted by atomic mass is 10.2. The lowest BCUT2D eigenvalue weighted by Crippen LogP contribution is -2.29. The van der Waals surface area contributed by atoms with Crippen molar-refractivity contribution in [1.29, 1.82) is 0 Å². The average Bonchev–Trinajstić information content (AvgIpc) is 2.73. The zero-order valence-corrected chi connectivity index (χ0v) is 11.6. The van der Waals surface area contributed by atoms with Gasteiger partial charge >= 0.3 is 0 Å². The van der Waals surface area contributed by atoms with Crippen LogP contribution >= 0.6 is 11.3 Å². The summed E-state index contributed by atoms with van der Waals surface area (Å²) in [6.45, 7) is 4.26. The summed E-state index contributed by atoms with van der Waals surface area (Å²) in [5.74, 6) is 4.80. The molecule has 0 aliphatic rings. The minimum absolute atomic E-state index is 0.0459. The Morgan fingerprint density at radius 1 is 1.42 bits per heavy atom. The maximum Gasteiger partial charge on any atom is 0.275 e. The molecule has 19 heavy (non-hydrogen) atoms. The molecule has 6 heteroatoms. The van der Waals surface area contributed by atoms with Gasteiger partial charge in [0.2, 0.25) is 0 Å². The van der Waals surface area contributed by atoms with E-state index in [9.17, 15) is 9.59 Å². The molecule has 2 aromatic rings. The Kier molecular flexibility index (Phi) is 3.82. The predicted octanol–water partition coefficient (Wildman–Crippen LogP) is 1.18. The van der Waals surface area contributed by atoms with Gasteiger partial charge in [0.15, 0.2) is 0 Å². The molecule has 0 spiro atoms. The van der Waals surface area contributed by atoms with Gasteiger partial charge in [-0.25, -0.2) is 5.84 Å². The third kappa shape index (κ3) is 2.91. The maximum absolute atomic E-state index is 11.8. The Labute approximate surface area is 114 Å². The van der Waals surface area contributed by atoms with Gasteiger partial charge in [-0.3, -0.25) is 15.0 Å². The molecule has 0 atom stereocenters. The van der Waals surface area contributed by atoms with Crippen LogP contribution in [0.2, 0.25) is 0 Å². The van der Waals surface area contributed by atoms with E-state index in [-0.39, 0.29) is 11.5 Å². The van der Waals surface area contributed by atoms with E-state index in [1.54, 1.807) is 22.9 Å². The van der Waals surface area contributed by atoms with Gasteiger partial charge < -0.3 is 4.57 Å². The fourth-order valence-corrected chi connectivity index (χ4v) is 2.72. The molecule has 3 N–H and O–H groups in total. The van der Waals surface area contributed by atoms with Gasteiger partial charge in [-0.05, 0) is 37.1 Å². The molecule has 0 saturated heterocycles. The van der Waals surface area contributed by atoms with Gasteiger partial charge in [-0.2, -0.15) is 0 Å². The van der Waals surface area contributed by atoms with E-state index in [0.717, 1.165) is 16.0 Å². The number of hydrogen-bond donors (Lipinski definition) is 2. The summed E-state index contributed by atoms with van der Waals surface area (Å²) < 4.78 is 1.62. The Hall–Kier alpha value is -1.92. The number of amides is 1. The van der Waals surface area contributed by atoms with Crippen molar-refractivity contribution in [1.82, 2.24) is 9.99 Å². The molecule has 0 aliphatic carbocycles. The summed E-state index contributed by atoms with van der Waals surface area (Å²) in [5.41, 5.74) is 3.95. The minimum Gasteiger partial charge on any atom is -0.311 e. The van der Waals surface area contributed by atoms with Crippen LogP contribution in [0.3, 0.4) is 0 Å². The van der Waals surface area contributed by atoms with Gasteiger partial charge in [-0.1, -0.05) is 0 Å². The summed E-state index contributed by atoms with van der Waals surface area (Å²) in [6, 6.07) is 5.25. The van der Waals surface area contributed by atoms with E-state index >= 15 is 0 Å². The molecular formula is C13H15N3O2S. The summed E-state index contributed by atoms with van der Waals surface area (Å²) in [7, 11) is 0. The number of nitrogens with zero attached hydrogens (tertiary/aromatic N) is 1. The molecule has 0 saturated carbocycles. The largest absolute Gasteiger partial charge is 0.311 e. The molecule has 2 heterocycles. The van der Waals surface area contributed by atoms with Gasteiger partial charge in [0.1, 0.15) is 0 Å². The quantitative estimate of drug-likeness (QED) is 0.502. The molecule has 100 valence electrons. The zero-order valence-electron chi connectivity index (χ0n) is 10.8. The van der Waals surface area contributed by atoms with Crippen LogP contribution in [0.15, 0.2) is 29.2 Å². The Morgan fingerprint density at radius 2 is 2.16 bits per heavy atom. The molecular weight excluding hydrogens is 262 g/mol. The first kappa shape index (κ1) is 13.5. The van der Waals surface area contributed by atoms with E-state index in [2.05, 4.69) is 5.43 Å². The molecule has 2 rings (SSSR count). The van der Waals surface area contributed by atoms with Crippen LogP contribution in [0.1, 0.15) is 25.7 Å². The number of rotatable bonds is 3. The van der Waals surface area contributed by atoms with Gasteiger partial charge in [0.25, 0.3) is 11.5 Å². The minimum atomic E-state index is -0.310. The molecule has 0 radical (unpaired) electrons. The third-order valence-electron chi connectivity index (χ3n) is 2.87. The van der Waals surface area contributed by atoms with Crippen LogP contribution in [0, 0.1) is 13.8 Å². The molecule has 0 aromatic carbocycles. The van der Waals surface area contributed by atoms with E-state index < -0.39 is 0 Å². The van der Waals surface area contributed by atoms with Crippen molar-refractivity contribution < 1.29 is 4.79 Å². The molecule has 0 unspecified atom stereocenters. The number of aryl methyl sites for hydroxylation is 2. The summed E-state index contributed by atoms with van der Waals surface area (Å²) in [6.07, 6.45) is 1.76. The highest BCUT2D eigenvalue weighted by Gasteiger charge is 2.11. The number of nitrogen functional groups attached to an aromatic ring is 1. The Bertz CT molecular complexity index is 673. The van der Waals surface area contributed by atoms with Crippen LogP contribution in [0.25, 0.3) is 0 Å². The second-order valence-corrected chi connectivity index (χ2v) is 5.59. The summed E-state index contributed by atoms with van der Waals surface area (Å²) >= 11 is 1.37. The topological polar surface area (TPSA) is 77.1 Å². The second kappa shape index (κ2) is 5.38. The number of nitrogens with two attached hydrogens (primary N) is 1. The molecule has 0 aliphatic heterocycles. The molecule has 1 amide bonds. The van der Waals surface area contributed by atoms with Crippen LogP contribution in [0.4, 0.5) is 0 Å². The second-order valence-electron chi connectivity index (χ2n) is 4.34. The maximum atomic E-state index is 11.8. The van der Waals surface area contributed by atoms with Crippen molar-refractivity contribution in [3.05, 3.63) is 55.6 Å². The lowest BCUT2D eigenvalue weighted by molar-refractivity contribution is 0.0957. The number of carbonyl (C=O) groups is 1. The molecule has 5 nitrogen and oxygen atoms in total. The molecule has 0 bridgehead atoms. The van der Waals surface area contributed by atoms with Crippen molar-refractivity contribution in [2.75, 3.05) is 0 Å². The van der Waals surface area contributed by atoms with Crippen LogP contribution in [-0.2, 0) is 6.54 Å². The SMILES string of the molecule is Cc1ccn(Cc2cc(C(=O)NN)sc2C)c(=O)c1. The van der Waals surface area contributed by atoms with Crippen molar-refractivity contribution in [3.8, 4) is 0 Å². The van der Waals surface area contributed by atoms with Crippen molar-refractivity contribution in [2.24, 2.45) is 5.84 Å². The number of carbonyl (C=O) groups excluding carboxylic acids is 1. The van der Waals surface area contributed by atoms with E-state index in [1.165, 1.54) is 11.3 Å². The average molecular weight is 277 g/mol. The zero-order chi connectivity index (χ0) is 14.0. The first-order valence-electron chi connectivity index (χ1n) is 5.78. The Balaban J connectivity index is 2.31. The van der Waals surface area contributed by atoms with E-state index in [4.69, 9.17) is 5.84 Å². The van der Waals surface area contributed by atoms with Crippen molar-refractivity contribution >= 4 is 17.2 Å². The molecule has 2 aromatic heterocycles. The van der Waals surface area contributed by atoms with E-state index in [1.807, 2.05) is 19.9 Å². The fraction of sp³-hybridized carbons (Fsp3) is 0.231. The van der Waals surface area contributed by atoms with E-state index in [0.29, 0.717) is 11.4 Å². The fourth-order valence-electron chi connectivity index (χ4n) is 1.78. The Morgan fingerprint density at radius 3 is 2.79 bits per heavy atom. The number of thiophene rings is 1. The smallest absolute Gasteiger partial charge is 0.275 e. The number of hydrazine groups is 1. The normalized spacial score (nSPS) is 10.5. The number of hydrogen-bond acceptors (Lipinski definition) is 4. The lowest BCUT2D eigenvalue weighted by Gasteiger charge is -2.05. The number of pyridine rings is 1. The number of nitrogens with one attached hydrogen (secondary N) is 1. The van der Waals surface area contributed by atoms with Gasteiger partial charge in [0, 0.05) is 17.1 Å². The van der Waals surface area contributed by atoms with Crippen molar-refractivity contribution in [3.63, 3.8) is 0 Å². The first-order chi connectivity index (χ1) is 9.01. The van der Waals surface area contributed by atoms with Crippen LogP contribution in [0.5, 0.6) is 0 Å².